The van der Waals surface area contributed by atoms with Crippen molar-refractivity contribution in [2.75, 3.05) is 21.1 Å². The number of urea groups is 1. The SMILES string of the molecule is C=NC=C(C=NC)c1cccc(C(=CN(C)C(=O)NC)N=C)c1. The Bertz CT molecular complexity index is 673. The number of hydrogen-bond acceptors (Lipinski definition) is 4. The number of benzene rings is 1. The van der Waals surface area contributed by atoms with E-state index in [1.54, 1.807) is 39.8 Å². The summed E-state index contributed by atoms with van der Waals surface area (Å²) in [4.78, 5) is 24.8. The minimum Gasteiger partial charge on any atom is -0.341 e. The quantitative estimate of drug-likeness (QED) is 0.806. The molecule has 0 aromatic heterocycles. The van der Waals surface area contributed by atoms with Gasteiger partial charge in [0.05, 0.1) is 5.70 Å². The third-order valence-corrected chi connectivity index (χ3v) is 3.01. The van der Waals surface area contributed by atoms with Gasteiger partial charge in [-0.25, -0.2) is 4.79 Å². The van der Waals surface area contributed by atoms with Gasteiger partial charge in [0, 0.05) is 50.9 Å². The third kappa shape index (κ3) is 5.03. The average molecular weight is 311 g/mol. The molecule has 1 aromatic carbocycles. The molecule has 0 bridgehead atoms. The summed E-state index contributed by atoms with van der Waals surface area (Å²) in [6.45, 7) is 7.05. The minimum absolute atomic E-state index is 0.239. The van der Waals surface area contributed by atoms with Crippen LogP contribution in [0.1, 0.15) is 11.1 Å². The Morgan fingerprint density at radius 1 is 1.30 bits per heavy atom. The first-order valence-corrected chi connectivity index (χ1v) is 6.89. The van der Waals surface area contributed by atoms with Gasteiger partial charge in [-0.1, -0.05) is 18.2 Å². The molecule has 0 atom stereocenters. The first-order chi connectivity index (χ1) is 11.1. The highest BCUT2D eigenvalue weighted by atomic mass is 16.2. The van der Waals surface area contributed by atoms with Crippen molar-refractivity contribution in [3.8, 4) is 0 Å². The van der Waals surface area contributed by atoms with Crippen LogP contribution >= 0.6 is 0 Å². The van der Waals surface area contributed by atoms with Gasteiger partial charge < -0.3 is 10.2 Å². The van der Waals surface area contributed by atoms with Crippen LogP contribution in [0.4, 0.5) is 4.79 Å². The number of nitrogens with zero attached hydrogens (tertiary/aromatic N) is 4. The molecule has 0 radical (unpaired) electrons. The van der Waals surface area contributed by atoms with Crippen molar-refractivity contribution in [3.63, 3.8) is 0 Å². The van der Waals surface area contributed by atoms with Gasteiger partial charge in [-0.15, -0.1) is 0 Å². The summed E-state index contributed by atoms with van der Waals surface area (Å²) < 4.78 is 0. The average Bonchev–Trinajstić information content (AvgIpc) is 2.58. The Hall–Kier alpha value is -3.02. The van der Waals surface area contributed by atoms with Gasteiger partial charge in [-0.2, -0.15) is 0 Å². The zero-order valence-electron chi connectivity index (χ0n) is 13.7. The molecule has 2 amide bonds. The lowest BCUT2D eigenvalue weighted by Gasteiger charge is -2.13. The van der Waals surface area contributed by atoms with Crippen molar-refractivity contribution in [1.29, 1.82) is 0 Å². The zero-order valence-corrected chi connectivity index (χ0v) is 13.7. The fourth-order valence-electron chi connectivity index (χ4n) is 1.90. The lowest BCUT2D eigenvalue weighted by Crippen LogP contribution is -2.31. The standard InChI is InChI=1S/C17H21N5O/c1-18-10-15(11-19-2)13-7-6-8-14(9-13)16(20-3)12-22(5)17(23)21-4/h6-12H,1,3H2,2,4-5H3,(H,21,23). The number of nitrogens with one attached hydrogen (secondary N) is 1. The van der Waals surface area contributed by atoms with E-state index in [0.29, 0.717) is 5.70 Å². The highest BCUT2D eigenvalue weighted by Gasteiger charge is 2.07. The Labute approximate surface area is 136 Å². The summed E-state index contributed by atoms with van der Waals surface area (Å²) >= 11 is 0. The number of carbonyl (C=O) groups is 1. The van der Waals surface area contributed by atoms with E-state index in [1.807, 2.05) is 24.3 Å². The van der Waals surface area contributed by atoms with Crippen LogP contribution in [0.3, 0.4) is 0 Å². The Balaban J connectivity index is 3.27. The maximum Gasteiger partial charge on any atom is 0.320 e. The largest absolute Gasteiger partial charge is 0.341 e. The number of aliphatic imine (C=N–C) groups is 3. The van der Waals surface area contributed by atoms with Crippen LogP contribution < -0.4 is 5.32 Å². The lowest BCUT2D eigenvalue weighted by molar-refractivity contribution is 0.224. The van der Waals surface area contributed by atoms with Gasteiger partial charge in [-0.05, 0) is 25.1 Å². The van der Waals surface area contributed by atoms with Crippen LogP contribution in [0.25, 0.3) is 11.3 Å². The van der Waals surface area contributed by atoms with Crippen molar-refractivity contribution in [2.45, 2.75) is 0 Å². The monoisotopic (exact) mass is 311 g/mol. The van der Waals surface area contributed by atoms with E-state index < -0.39 is 0 Å². The molecule has 0 saturated carbocycles. The Kier molecular flexibility index (Phi) is 7.13. The number of carbonyl (C=O) groups excluding carboxylic acids is 1. The fraction of sp³-hybridized carbons (Fsp3) is 0.176. The van der Waals surface area contributed by atoms with E-state index in [2.05, 4.69) is 33.7 Å². The second-order valence-corrected chi connectivity index (χ2v) is 4.57. The van der Waals surface area contributed by atoms with E-state index in [0.717, 1.165) is 16.7 Å². The normalized spacial score (nSPS) is 12.1. The molecule has 1 aromatic rings. The van der Waals surface area contributed by atoms with Crippen LogP contribution in [0.5, 0.6) is 0 Å². The van der Waals surface area contributed by atoms with Crippen molar-refractivity contribution in [1.82, 2.24) is 10.2 Å². The maximum atomic E-state index is 11.6. The van der Waals surface area contributed by atoms with Crippen LogP contribution in [0.2, 0.25) is 0 Å². The van der Waals surface area contributed by atoms with E-state index in [1.165, 1.54) is 4.90 Å². The van der Waals surface area contributed by atoms with Gasteiger partial charge in [0.25, 0.3) is 0 Å². The molecule has 0 fully saturated rings. The molecule has 6 heteroatoms. The minimum atomic E-state index is -0.239. The highest BCUT2D eigenvalue weighted by Crippen LogP contribution is 2.21. The second-order valence-electron chi connectivity index (χ2n) is 4.57. The molecule has 0 aliphatic heterocycles. The topological polar surface area (TPSA) is 69.4 Å². The summed E-state index contributed by atoms with van der Waals surface area (Å²) in [5.74, 6) is 0. The predicted molar refractivity (Wildman–Crippen MR) is 98.1 cm³/mol. The van der Waals surface area contributed by atoms with Crippen LogP contribution in [-0.2, 0) is 0 Å². The molecular formula is C17H21N5O. The van der Waals surface area contributed by atoms with E-state index >= 15 is 0 Å². The third-order valence-electron chi connectivity index (χ3n) is 3.01. The molecule has 120 valence electrons. The Morgan fingerprint density at radius 2 is 2.00 bits per heavy atom. The molecule has 23 heavy (non-hydrogen) atoms. The molecule has 0 aliphatic carbocycles. The fourth-order valence-corrected chi connectivity index (χ4v) is 1.90. The van der Waals surface area contributed by atoms with Gasteiger partial charge >= 0.3 is 6.03 Å². The van der Waals surface area contributed by atoms with Crippen LogP contribution in [0.15, 0.2) is 51.6 Å². The molecule has 0 saturated heterocycles. The number of amides is 2. The lowest BCUT2D eigenvalue weighted by atomic mass is 10.0. The number of hydrogen-bond donors (Lipinski definition) is 1. The highest BCUT2D eigenvalue weighted by molar-refractivity contribution is 6.10. The molecule has 0 heterocycles. The summed E-state index contributed by atoms with van der Waals surface area (Å²) in [5, 5.41) is 2.54. The van der Waals surface area contributed by atoms with Crippen molar-refractivity contribution < 1.29 is 4.79 Å². The first-order valence-electron chi connectivity index (χ1n) is 6.89. The summed E-state index contributed by atoms with van der Waals surface area (Å²) in [7, 11) is 4.90. The predicted octanol–water partition coefficient (Wildman–Crippen LogP) is 2.70. The van der Waals surface area contributed by atoms with Crippen molar-refractivity contribution in [2.24, 2.45) is 15.0 Å². The van der Waals surface area contributed by atoms with Gasteiger partial charge in [0.1, 0.15) is 0 Å². The molecule has 1 N–H and O–H groups in total. The van der Waals surface area contributed by atoms with Crippen molar-refractivity contribution in [3.05, 3.63) is 47.8 Å². The maximum absolute atomic E-state index is 11.6. The van der Waals surface area contributed by atoms with E-state index in [-0.39, 0.29) is 6.03 Å². The van der Waals surface area contributed by atoms with Gasteiger partial charge in [-0.3, -0.25) is 15.0 Å². The number of allylic oxidation sites excluding steroid dienone is 1. The molecule has 0 aliphatic rings. The molecule has 6 nitrogen and oxygen atoms in total. The zero-order chi connectivity index (χ0) is 17.2. The van der Waals surface area contributed by atoms with E-state index in [4.69, 9.17) is 0 Å². The second kappa shape index (κ2) is 9.09. The molecule has 1 rings (SSSR count). The van der Waals surface area contributed by atoms with Crippen LogP contribution in [0, 0.1) is 0 Å². The van der Waals surface area contributed by atoms with Gasteiger partial charge in [0.2, 0.25) is 0 Å². The smallest absolute Gasteiger partial charge is 0.320 e. The summed E-state index contributed by atoms with van der Waals surface area (Å²) in [6.07, 6.45) is 4.96. The Morgan fingerprint density at radius 3 is 2.57 bits per heavy atom. The summed E-state index contributed by atoms with van der Waals surface area (Å²) in [6, 6.07) is 7.41. The van der Waals surface area contributed by atoms with Crippen molar-refractivity contribution >= 4 is 37.0 Å². The molecular weight excluding hydrogens is 290 g/mol. The molecule has 0 unspecified atom stereocenters. The summed E-state index contributed by atoms with van der Waals surface area (Å²) in [5.41, 5.74) is 3.15. The van der Waals surface area contributed by atoms with E-state index in [9.17, 15) is 4.79 Å². The van der Waals surface area contributed by atoms with Gasteiger partial charge in [0.15, 0.2) is 0 Å². The molecule has 0 spiro atoms. The van der Waals surface area contributed by atoms with Crippen LogP contribution in [-0.4, -0.2) is 51.7 Å². The number of rotatable bonds is 6. The first kappa shape index (κ1) is 18.0.